The molecule has 7 heteroatoms. The largest absolute Gasteiger partial charge is 0.422 e. The fourth-order valence-corrected chi connectivity index (χ4v) is 3.22. The summed E-state index contributed by atoms with van der Waals surface area (Å²) in [6, 6.07) is 8.02. The number of fused-ring (bicyclic) bond motifs is 1. The number of para-hydroxylation sites is 1. The molecular formula is C20H25N3O4. The van der Waals surface area contributed by atoms with E-state index in [4.69, 9.17) is 4.42 Å². The monoisotopic (exact) mass is 371 g/mol. The minimum atomic E-state index is -0.660. The average molecular weight is 371 g/mol. The van der Waals surface area contributed by atoms with Gasteiger partial charge in [-0.15, -0.1) is 0 Å². The maximum atomic E-state index is 12.6. The summed E-state index contributed by atoms with van der Waals surface area (Å²) in [4.78, 5) is 37.0. The van der Waals surface area contributed by atoms with Crippen LogP contribution >= 0.6 is 0 Å². The van der Waals surface area contributed by atoms with Crippen LogP contribution in [0.2, 0.25) is 0 Å². The summed E-state index contributed by atoms with van der Waals surface area (Å²) in [5.41, 5.74) is 0.400. The van der Waals surface area contributed by atoms with Crippen LogP contribution in [0.25, 0.3) is 11.0 Å². The van der Waals surface area contributed by atoms with Crippen molar-refractivity contribution in [3.05, 3.63) is 46.3 Å². The van der Waals surface area contributed by atoms with Gasteiger partial charge in [0.25, 0.3) is 0 Å². The molecule has 0 bridgehead atoms. The molecule has 1 fully saturated rings. The van der Waals surface area contributed by atoms with Gasteiger partial charge in [0.15, 0.2) is 0 Å². The minimum Gasteiger partial charge on any atom is -0.422 e. The smallest absolute Gasteiger partial charge is 0.341 e. The van der Waals surface area contributed by atoms with E-state index in [0.29, 0.717) is 11.1 Å². The Morgan fingerprint density at radius 3 is 2.78 bits per heavy atom. The summed E-state index contributed by atoms with van der Waals surface area (Å²) < 4.78 is 5.28. The van der Waals surface area contributed by atoms with Crippen molar-refractivity contribution in [1.29, 1.82) is 0 Å². The Morgan fingerprint density at radius 2 is 2.07 bits per heavy atom. The molecule has 2 amide bonds. The van der Waals surface area contributed by atoms with Gasteiger partial charge in [-0.3, -0.25) is 9.59 Å². The van der Waals surface area contributed by atoms with Gasteiger partial charge in [-0.2, -0.15) is 0 Å². The van der Waals surface area contributed by atoms with E-state index in [1.165, 1.54) is 0 Å². The van der Waals surface area contributed by atoms with Crippen molar-refractivity contribution >= 4 is 22.8 Å². The van der Waals surface area contributed by atoms with Crippen LogP contribution in [0.3, 0.4) is 0 Å². The minimum absolute atomic E-state index is 0.0484. The zero-order valence-electron chi connectivity index (χ0n) is 15.6. The molecule has 0 spiro atoms. The molecule has 3 N–H and O–H groups in total. The Bertz CT molecular complexity index is 884. The quantitative estimate of drug-likeness (QED) is 0.665. The van der Waals surface area contributed by atoms with Gasteiger partial charge in [0.05, 0.1) is 18.2 Å². The SMILES string of the molecule is CC(C)[C@H](NC(=O)[C@@H]1CCCN1)C(=O)NCc1cc2ccccc2oc1=O. The molecule has 3 rings (SSSR count). The van der Waals surface area contributed by atoms with Crippen LogP contribution in [0.5, 0.6) is 0 Å². The van der Waals surface area contributed by atoms with Gasteiger partial charge in [-0.05, 0) is 37.4 Å². The Hall–Kier alpha value is -2.67. The van der Waals surface area contributed by atoms with Crippen molar-refractivity contribution in [1.82, 2.24) is 16.0 Å². The predicted octanol–water partition coefficient (Wildman–Crippen LogP) is 1.30. The summed E-state index contributed by atoms with van der Waals surface area (Å²) >= 11 is 0. The van der Waals surface area contributed by atoms with Gasteiger partial charge in [0.2, 0.25) is 11.8 Å². The number of hydrogen-bond acceptors (Lipinski definition) is 5. The summed E-state index contributed by atoms with van der Waals surface area (Å²) in [6.45, 7) is 4.61. The first-order valence-electron chi connectivity index (χ1n) is 9.29. The summed E-state index contributed by atoms with van der Waals surface area (Å²) in [6.07, 6.45) is 1.73. The molecular weight excluding hydrogens is 346 g/mol. The molecule has 2 atom stereocenters. The molecule has 27 heavy (non-hydrogen) atoms. The second-order valence-electron chi connectivity index (χ2n) is 7.19. The van der Waals surface area contributed by atoms with Crippen LogP contribution in [0, 0.1) is 5.92 Å². The van der Waals surface area contributed by atoms with E-state index in [2.05, 4.69) is 16.0 Å². The highest BCUT2D eigenvalue weighted by molar-refractivity contribution is 5.90. The third kappa shape index (κ3) is 4.54. The molecule has 144 valence electrons. The zero-order chi connectivity index (χ0) is 19.4. The summed E-state index contributed by atoms with van der Waals surface area (Å²) in [5, 5.41) is 9.49. The Morgan fingerprint density at radius 1 is 1.30 bits per heavy atom. The summed E-state index contributed by atoms with van der Waals surface area (Å²) in [7, 11) is 0. The number of hydrogen-bond donors (Lipinski definition) is 3. The van der Waals surface area contributed by atoms with E-state index >= 15 is 0 Å². The van der Waals surface area contributed by atoms with Crippen LogP contribution in [0.15, 0.2) is 39.5 Å². The molecule has 0 saturated carbocycles. The molecule has 0 unspecified atom stereocenters. The molecule has 0 aliphatic carbocycles. The molecule has 1 aromatic carbocycles. The third-order valence-corrected chi connectivity index (χ3v) is 4.79. The van der Waals surface area contributed by atoms with E-state index < -0.39 is 11.7 Å². The number of nitrogens with one attached hydrogen (secondary N) is 3. The summed E-state index contributed by atoms with van der Waals surface area (Å²) in [5.74, 6) is -0.557. The van der Waals surface area contributed by atoms with E-state index in [0.717, 1.165) is 24.8 Å². The third-order valence-electron chi connectivity index (χ3n) is 4.79. The van der Waals surface area contributed by atoms with E-state index in [9.17, 15) is 14.4 Å². The number of carbonyl (C=O) groups is 2. The zero-order valence-corrected chi connectivity index (χ0v) is 15.6. The first kappa shape index (κ1) is 19.1. The van der Waals surface area contributed by atoms with E-state index in [1.54, 1.807) is 18.2 Å². The standard InChI is InChI=1S/C20H25N3O4/c1-12(2)17(23-18(24)15-7-5-9-21-15)19(25)22-11-14-10-13-6-3-4-8-16(13)27-20(14)26/h3-4,6,8,10,12,15,17,21H,5,7,9,11H2,1-2H3,(H,22,25)(H,23,24)/t15-,17-/m0/s1. The lowest BCUT2D eigenvalue weighted by Gasteiger charge is -2.23. The van der Waals surface area contributed by atoms with Crippen molar-refractivity contribution in [2.75, 3.05) is 6.54 Å². The van der Waals surface area contributed by atoms with E-state index in [-0.39, 0.29) is 30.3 Å². The first-order valence-corrected chi connectivity index (χ1v) is 9.29. The second kappa shape index (κ2) is 8.35. The molecule has 1 aliphatic rings. The number of amides is 2. The van der Waals surface area contributed by atoms with Crippen LogP contribution < -0.4 is 21.6 Å². The predicted molar refractivity (Wildman–Crippen MR) is 102 cm³/mol. The van der Waals surface area contributed by atoms with Crippen LogP contribution in [-0.4, -0.2) is 30.4 Å². The van der Waals surface area contributed by atoms with Gasteiger partial charge < -0.3 is 20.4 Å². The maximum absolute atomic E-state index is 12.6. The van der Waals surface area contributed by atoms with Crippen molar-refractivity contribution < 1.29 is 14.0 Å². The maximum Gasteiger partial charge on any atom is 0.341 e. The van der Waals surface area contributed by atoms with Crippen molar-refractivity contribution in [3.8, 4) is 0 Å². The van der Waals surface area contributed by atoms with Gasteiger partial charge in [0, 0.05) is 5.39 Å². The fourth-order valence-electron chi connectivity index (χ4n) is 3.22. The van der Waals surface area contributed by atoms with Gasteiger partial charge in [0.1, 0.15) is 11.6 Å². The van der Waals surface area contributed by atoms with E-state index in [1.807, 2.05) is 26.0 Å². The molecule has 0 radical (unpaired) electrons. The lowest BCUT2D eigenvalue weighted by molar-refractivity contribution is -0.131. The molecule has 2 aromatic rings. The number of benzene rings is 1. The first-order chi connectivity index (χ1) is 13.0. The lowest BCUT2D eigenvalue weighted by atomic mass is 10.0. The Balaban J connectivity index is 1.66. The van der Waals surface area contributed by atoms with Gasteiger partial charge >= 0.3 is 5.63 Å². The highest BCUT2D eigenvalue weighted by Crippen LogP contribution is 2.13. The van der Waals surface area contributed by atoms with Gasteiger partial charge in [-0.25, -0.2) is 4.79 Å². The van der Waals surface area contributed by atoms with Crippen LogP contribution in [0.1, 0.15) is 32.3 Å². The highest BCUT2D eigenvalue weighted by atomic mass is 16.4. The number of carbonyl (C=O) groups excluding carboxylic acids is 2. The fraction of sp³-hybridized carbons (Fsp3) is 0.450. The topological polar surface area (TPSA) is 100 Å². The molecule has 2 heterocycles. The molecule has 7 nitrogen and oxygen atoms in total. The van der Waals surface area contributed by atoms with Crippen LogP contribution in [-0.2, 0) is 16.1 Å². The lowest BCUT2D eigenvalue weighted by Crippen LogP contribution is -2.53. The second-order valence-corrected chi connectivity index (χ2v) is 7.19. The van der Waals surface area contributed by atoms with Crippen molar-refractivity contribution in [2.24, 2.45) is 5.92 Å². The average Bonchev–Trinajstić information content (AvgIpc) is 3.18. The van der Waals surface area contributed by atoms with Crippen LogP contribution in [0.4, 0.5) is 0 Å². The van der Waals surface area contributed by atoms with Crippen molar-refractivity contribution in [3.63, 3.8) is 0 Å². The normalized spacial score (nSPS) is 17.8. The van der Waals surface area contributed by atoms with Crippen molar-refractivity contribution in [2.45, 2.75) is 45.3 Å². The molecule has 1 aliphatic heterocycles. The Kier molecular flexibility index (Phi) is 5.91. The number of rotatable bonds is 6. The Labute approximate surface area is 157 Å². The highest BCUT2D eigenvalue weighted by Gasteiger charge is 2.29. The molecule has 1 saturated heterocycles. The van der Waals surface area contributed by atoms with Gasteiger partial charge in [-0.1, -0.05) is 32.0 Å². The molecule has 1 aromatic heterocycles.